The van der Waals surface area contributed by atoms with Crippen molar-refractivity contribution in [3.8, 4) is 0 Å². The van der Waals surface area contributed by atoms with Gasteiger partial charge in [-0.1, -0.05) is 19.8 Å². The second kappa shape index (κ2) is 6.30. The summed E-state index contributed by atoms with van der Waals surface area (Å²) >= 11 is 0. The topological polar surface area (TPSA) is 87.0 Å². The quantitative estimate of drug-likeness (QED) is 0.555. The lowest BCUT2D eigenvalue weighted by atomic mass is 9.85. The standard InChI is InChI=1S/C11H20O5/c1-2-3-4-8-10(14)7(5-12)11(15)9(6-13)16-8/h5,7-11,13-15H,2-4,6H2,1H3/t7-,8-,9-,10+,11+/m1/s1. The third kappa shape index (κ3) is 2.79. The van der Waals surface area contributed by atoms with Gasteiger partial charge in [-0.05, 0) is 6.42 Å². The lowest BCUT2D eigenvalue weighted by molar-refractivity contribution is -0.205. The Hall–Kier alpha value is -0.490. The fourth-order valence-electron chi connectivity index (χ4n) is 2.04. The van der Waals surface area contributed by atoms with Crippen LogP contribution in [0.2, 0.25) is 0 Å². The number of carbonyl (C=O) groups excluding carboxylic acids is 1. The summed E-state index contributed by atoms with van der Waals surface area (Å²) in [6.45, 7) is 1.67. The molecule has 3 N–H and O–H groups in total. The van der Waals surface area contributed by atoms with Crippen LogP contribution in [-0.4, -0.2) is 52.6 Å². The summed E-state index contributed by atoms with van der Waals surface area (Å²) < 4.78 is 5.39. The van der Waals surface area contributed by atoms with Crippen LogP contribution < -0.4 is 0 Å². The SMILES string of the molecule is CCCC[C@H]1O[C@H](CO)[C@@H](O)[C@H](C=O)[C@@H]1O. The van der Waals surface area contributed by atoms with Crippen molar-refractivity contribution >= 4 is 6.29 Å². The molecular weight excluding hydrogens is 212 g/mol. The smallest absolute Gasteiger partial charge is 0.128 e. The number of rotatable bonds is 5. The number of aliphatic hydroxyl groups excluding tert-OH is 3. The van der Waals surface area contributed by atoms with Crippen molar-refractivity contribution in [1.29, 1.82) is 0 Å². The molecule has 1 aliphatic rings. The van der Waals surface area contributed by atoms with Crippen molar-refractivity contribution in [2.75, 3.05) is 6.61 Å². The largest absolute Gasteiger partial charge is 0.394 e. The Morgan fingerprint density at radius 2 is 1.88 bits per heavy atom. The van der Waals surface area contributed by atoms with E-state index in [1.807, 2.05) is 6.92 Å². The molecule has 0 amide bonds. The van der Waals surface area contributed by atoms with E-state index in [2.05, 4.69) is 0 Å². The summed E-state index contributed by atoms with van der Waals surface area (Å²) in [5.41, 5.74) is 0. The van der Waals surface area contributed by atoms with Gasteiger partial charge in [-0.25, -0.2) is 0 Å². The summed E-state index contributed by atoms with van der Waals surface area (Å²) in [5.74, 6) is -0.868. The van der Waals surface area contributed by atoms with Gasteiger partial charge in [0.05, 0.1) is 30.8 Å². The fourth-order valence-corrected chi connectivity index (χ4v) is 2.04. The number of carbonyl (C=O) groups is 1. The van der Waals surface area contributed by atoms with Gasteiger partial charge < -0.3 is 24.9 Å². The molecule has 16 heavy (non-hydrogen) atoms. The van der Waals surface area contributed by atoms with Gasteiger partial charge in [-0.3, -0.25) is 0 Å². The number of aliphatic hydroxyl groups is 3. The van der Waals surface area contributed by atoms with E-state index >= 15 is 0 Å². The van der Waals surface area contributed by atoms with E-state index in [1.54, 1.807) is 0 Å². The summed E-state index contributed by atoms with van der Waals surface area (Å²) in [4.78, 5) is 10.8. The molecule has 0 aromatic rings. The third-order valence-electron chi connectivity index (χ3n) is 3.08. The average Bonchev–Trinajstić information content (AvgIpc) is 2.29. The van der Waals surface area contributed by atoms with E-state index < -0.39 is 30.3 Å². The van der Waals surface area contributed by atoms with Crippen LogP contribution in [0.15, 0.2) is 0 Å². The van der Waals surface area contributed by atoms with Crippen molar-refractivity contribution in [2.24, 2.45) is 5.92 Å². The minimum absolute atomic E-state index is 0.346. The highest BCUT2D eigenvalue weighted by atomic mass is 16.5. The predicted molar refractivity (Wildman–Crippen MR) is 56.8 cm³/mol. The lowest BCUT2D eigenvalue weighted by Gasteiger charge is -2.40. The van der Waals surface area contributed by atoms with Gasteiger partial charge in [0.25, 0.3) is 0 Å². The average molecular weight is 232 g/mol. The molecule has 5 atom stereocenters. The second-order valence-electron chi connectivity index (χ2n) is 4.23. The number of aldehydes is 1. The highest BCUT2D eigenvalue weighted by Gasteiger charge is 2.43. The van der Waals surface area contributed by atoms with Gasteiger partial charge in [-0.15, -0.1) is 0 Å². The first-order chi connectivity index (χ1) is 7.65. The molecule has 1 heterocycles. The highest BCUT2D eigenvalue weighted by Crippen LogP contribution is 2.27. The minimum Gasteiger partial charge on any atom is -0.394 e. The predicted octanol–water partition coefficient (Wildman–Crippen LogP) is -0.527. The maximum atomic E-state index is 10.8. The Labute approximate surface area is 95.0 Å². The van der Waals surface area contributed by atoms with Crippen molar-refractivity contribution in [3.63, 3.8) is 0 Å². The molecule has 0 aliphatic carbocycles. The molecule has 0 aromatic heterocycles. The van der Waals surface area contributed by atoms with Crippen LogP contribution in [0.5, 0.6) is 0 Å². The molecule has 1 saturated heterocycles. The van der Waals surface area contributed by atoms with Crippen LogP contribution in [0.25, 0.3) is 0 Å². The summed E-state index contributed by atoms with van der Waals surface area (Å²) in [5, 5.41) is 28.5. The van der Waals surface area contributed by atoms with Gasteiger partial charge in [0.2, 0.25) is 0 Å². The van der Waals surface area contributed by atoms with Crippen molar-refractivity contribution in [1.82, 2.24) is 0 Å². The minimum atomic E-state index is -1.13. The summed E-state index contributed by atoms with van der Waals surface area (Å²) in [7, 11) is 0. The number of ether oxygens (including phenoxy) is 1. The molecule has 5 heteroatoms. The second-order valence-corrected chi connectivity index (χ2v) is 4.23. The Bertz CT molecular complexity index is 220. The van der Waals surface area contributed by atoms with E-state index in [0.29, 0.717) is 12.7 Å². The van der Waals surface area contributed by atoms with E-state index in [1.165, 1.54) is 0 Å². The molecule has 1 aliphatic heterocycles. The molecule has 0 saturated carbocycles. The van der Waals surface area contributed by atoms with Crippen LogP contribution in [0.1, 0.15) is 26.2 Å². The normalized spacial score (nSPS) is 39.6. The fraction of sp³-hybridized carbons (Fsp3) is 0.909. The van der Waals surface area contributed by atoms with Crippen LogP contribution in [0.4, 0.5) is 0 Å². The van der Waals surface area contributed by atoms with Gasteiger partial charge in [0.1, 0.15) is 12.4 Å². The molecule has 1 fully saturated rings. The molecule has 0 aromatic carbocycles. The molecule has 5 nitrogen and oxygen atoms in total. The first-order valence-corrected chi connectivity index (χ1v) is 5.73. The summed E-state index contributed by atoms with van der Waals surface area (Å²) in [6, 6.07) is 0. The first kappa shape index (κ1) is 13.6. The monoisotopic (exact) mass is 232 g/mol. The zero-order chi connectivity index (χ0) is 12.1. The highest BCUT2D eigenvalue weighted by molar-refractivity contribution is 5.56. The number of hydrogen-bond acceptors (Lipinski definition) is 5. The van der Waals surface area contributed by atoms with Gasteiger partial charge in [-0.2, -0.15) is 0 Å². The Kier molecular flexibility index (Phi) is 5.34. The molecule has 0 spiro atoms. The Morgan fingerprint density at radius 1 is 1.25 bits per heavy atom. The summed E-state index contributed by atoms with van der Waals surface area (Å²) in [6.07, 6.45) is -0.356. The molecule has 0 radical (unpaired) electrons. The van der Waals surface area contributed by atoms with Crippen LogP contribution >= 0.6 is 0 Å². The lowest BCUT2D eigenvalue weighted by Crippen LogP contribution is -2.55. The number of hydrogen-bond donors (Lipinski definition) is 3. The van der Waals surface area contributed by atoms with E-state index in [4.69, 9.17) is 9.84 Å². The van der Waals surface area contributed by atoms with Crippen LogP contribution in [0, 0.1) is 5.92 Å². The molecule has 0 unspecified atom stereocenters. The Morgan fingerprint density at radius 3 is 2.38 bits per heavy atom. The third-order valence-corrected chi connectivity index (χ3v) is 3.08. The van der Waals surface area contributed by atoms with Crippen LogP contribution in [-0.2, 0) is 9.53 Å². The Balaban J connectivity index is 2.68. The van der Waals surface area contributed by atoms with E-state index in [9.17, 15) is 15.0 Å². The first-order valence-electron chi connectivity index (χ1n) is 5.73. The zero-order valence-electron chi connectivity index (χ0n) is 9.45. The van der Waals surface area contributed by atoms with Crippen molar-refractivity contribution < 1.29 is 24.9 Å². The van der Waals surface area contributed by atoms with Gasteiger partial charge in [0, 0.05) is 0 Å². The van der Waals surface area contributed by atoms with Crippen molar-refractivity contribution in [2.45, 2.75) is 50.6 Å². The van der Waals surface area contributed by atoms with E-state index in [-0.39, 0.29) is 6.61 Å². The van der Waals surface area contributed by atoms with Crippen molar-refractivity contribution in [3.05, 3.63) is 0 Å². The zero-order valence-corrected chi connectivity index (χ0v) is 9.45. The molecule has 0 bridgehead atoms. The maximum absolute atomic E-state index is 10.8. The molecular formula is C11H20O5. The molecule has 94 valence electrons. The van der Waals surface area contributed by atoms with Gasteiger partial charge >= 0.3 is 0 Å². The number of unbranched alkanes of at least 4 members (excludes halogenated alkanes) is 1. The molecule has 1 rings (SSSR count). The van der Waals surface area contributed by atoms with Gasteiger partial charge in [0.15, 0.2) is 0 Å². The maximum Gasteiger partial charge on any atom is 0.128 e. The van der Waals surface area contributed by atoms with Crippen LogP contribution in [0.3, 0.4) is 0 Å². The van der Waals surface area contributed by atoms with E-state index in [0.717, 1.165) is 12.8 Å².